The molecular weight excluding hydrogens is 160 g/mol. The highest BCUT2D eigenvalue weighted by molar-refractivity contribution is 5.64. The van der Waals surface area contributed by atoms with Crippen LogP contribution in [0.4, 0.5) is 0 Å². The minimum absolute atomic E-state index is 0.322. The lowest BCUT2D eigenvalue weighted by atomic mass is 10.3. The molecule has 4 heteroatoms. The molecule has 0 aromatic heterocycles. The number of phenolic OH excluding ortho intramolecular Hbond substituents is 1. The van der Waals surface area contributed by atoms with Crippen LogP contribution in [0.1, 0.15) is 6.92 Å². The van der Waals surface area contributed by atoms with Gasteiger partial charge >= 0.3 is 5.97 Å². The van der Waals surface area contributed by atoms with Gasteiger partial charge in [-0.25, -0.2) is 4.79 Å². The smallest absolute Gasteiger partial charge is 0.339 e. The molecule has 12 heavy (non-hydrogen) atoms. The van der Waals surface area contributed by atoms with E-state index in [1.165, 1.54) is 0 Å². The normalized spacial score (nSPS) is 7.83. The summed E-state index contributed by atoms with van der Waals surface area (Å²) in [5.41, 5.74) is 0. The third-order valence-electron chi connectivity index (χ3n) is 0.885. The van der Waals surface area contributed by atoms with Crippen LogP contribution in [0.15, 0.2) is 30.3 Å². The Morgan fingerprint density at radius 2 is 1.75 bits per heavy atom. The average molecular weight is 170 g/mol. The highest BCUT2D eigenvalue weighted by Crippen LogP contribution is 2.02. The Labute approximate surface area is 70.0 Å². The van der Waals surface area contributed by atoms with E-state index in [0.29, 0.717) is 5.75 Å². The summed E-state index contributed by atoms with van der Waals surface area (Å²) < 4.78 is 0. The minimum Gasteiger partial charge on any atom is -0.508 e. The zero-order valence-electron chi connectivity index (χ0n) is 6.60. The molecule has 0 atom stereocenters. The molecule has 66 valence electrons. The van der Waals surface area contributed by atoms with Crippen LogP contribution in [0.5, 0.6) is 5.75 Å². The fraction of sp³-hybridized carbons (Fsp3) is 0.125. The lowest BCUT2D eigenvalue weighted by molar-refractivity contribution is -0.231. The third-order valence-corrected chi connectivity index (χ3v) is 0.885. The molecule has 0 spiro atoms. The van der Waals surface area contributed by atoms with Gasteiger partial charge in [-0.3, -0.25) is 0 Å². The highest BCUT2D eigenvalue weighted by Gasteiger charge is 1.79. The molecule has 2 N–H and O–H groups in total. The molecule has 1 rings (SSSR count). The highest BCUT2D eigenvalue weighted by atomic mass is 17.1. The van der Waals surface area contributed by atoms with E-state index in [4.69, 9.17) is 10.4 Å². The van der Waals surface area contributed by atoms with Crippen LogP contribution in [0.25, 0.3) is 0 Å². The van der Waals surface area contributed by atoms with Gasteiger partial charge in [0.05, 0.1) is 0 Å². The Morgan fingerprint density at radius 1 is 1.33 bits per heavy atom. The number of carbonyl (C=O) groups excluding carboxylic acids is 1. The number of aromatic hydroxyl groups is 1. The van der Waals surface area contributed by atoms with Crippen molar-refractivity contribution in [2.24, 2.45) is 0 Å². The second-order valence-corrected chi connectivity index (χ2v) is 1.92. The maximum Gasteiger partial charge on any atom is 0.339 e. The van der Waals surface area contributed by atoms with Gasteiger partial charge in [0.15, 0.2) is 0 Å². The van der Waals surface area contributed by atoms with Crippen molar-refractivity contribution in [1.29, 1.82) is 0 Å². The number of para-hydroxylation sites is 1. The van der Waals surface area contributed by atoms with Crippen molar-refractivity contribution in [3.63, 3.8) is 0 Å². The van der Waals surface area contributed by atoms with Gasteiger partial charge in [0.2, 0.25) is 0 Å². The summed E-state index contributed by atoms with van der Waals surface area (Å²) in [5, 5.41) is 15.9. The van der Waals surface area contributed by atoms with Crippen LogP contribution in [0, 0.1) is 0 Å². The lowest BCUT2D eigenvalue weighted by Gasteiger charge is -1.82. The van der Waals surface area contributed by atoms with Crippen molar-refractivity contribution in [1.82, 2.24) is 0 Å². The molecule has 0 bridgehead atoms. The summed E-state index contributed by atoms with van der Waals surface area (Å²) in [4.78, 5) is 12.5. The molecule has 0 aliphatic heterocycles. The summed E-state index contributed by atoms with van der Waals surface area (Å²) in [5.74, 6) is -0.368. The first-order valence-electron chi connectivity index (χ1n) is 3.23. The summed E-state index contributed by atoms with van der Waals surface area (Å²) in [6, 6.07) is 8.71. The van der Waals surface area contributed by atoms with E-state index in [1.807, 2.05) is 6.07 Å². The molecule has 0 unspecified atom stereocenters. The Morgan fingerprint density at radius 3 is 1.92 bits per heavy atom. The quantitative estimate of drug-likeness (QED) is 0.456. The van der Waals surface area contributed by atoms with Gasteiger partial charge < -0.3 is 9.99 Å². The summed E-state index contributed by atoms with van der Waals surface area (Å²) in [7, 11) is 0. The van der Waals surface area contributed by atoms with Gasteiger partial charge in [0.1, 0.15) is 5.75 Å². The SMILES string of the molecule is CC(=O)OO.Oc1ccccc1. The van der Waals surface area contributed by atoms with Crippen molar-refractivity contribution in [2.75, 3.05) is 0 Å². The van der Waals surface area contributed by atoms with Crippen LogP contribution in [0.2, 0.25) is 0 Å². The Balaban J connectivity index is 0.000000217. The van der Waals surface area contributed by atoms with Gasteiger partial charge in [0.25, 0.3) is 0 Å². The zero-order valence-corrected chi connectivity index (χ0v) is 6.60. The van der Waals surface area contributed by atoms with E-state index in [-0.39, 0.29) is 0 Å². The van der Waals surface area contributed by atoms with E-state index in [9.17, 15) is 4.79 Å². The first-order chi connectivity index (χ1) is 5.66. The first kappa shape index (κ1) is 10.4. The topological polar surface area (TPSA) is 66.8 Å². The molecule has 1 aromatic carbocycles. The monoisotopic (exact) mass is 170 g/mol. The van der Waals surface area contributed by atoms with E-state index < -0.39 is 5.97 Å². The molecule has 0 heterocycles. The first-order valence-corrected chi connectivity index (χ1v) is 3.23. The number of hydrogen-bond donors (Lipinski definition) is 2. The lowest BCUT2D eigenvalue weighted by Crippen LogP contribution is -1.89. The van der Waals surface area contributed by atoms with Crippen LogP contribution in [-0.2, 0) is 9.68 Å². The molecule has 0 radical (unpaired) electrons. The largest absolute Gasteiger partial charge is 0.508 e. The molecule has 4 nitrogen and oxygen atoms in total. The number of rotatable bonds is 0. The van der Waals surface area contributed by atoms with Gasteiger partial charge in [-0.1, -0.05) is 18.2 Å². The van der Waals surface area contributed by atoms with Crippen LogP contribution in [-0.4, -0.2) is 16.3 Å². The standard InChI is InChI=1S/C6H6O.C2H4O3/c7-6-4-2-1-3-5-6;1-2(3)5-4/h1-5,7H;4H,1H3. The zero-order chi connectivity index (χ0) is 9.40. The molecule has 0 saturated heterocycles. The van der Waals surface area contributed by atoms with E-state index >= 15 is 0 Å². The Hall–Kier alpha value is -1.55. The maximum atomic E-state index is 9.34. The number of carbonyl (C=O) groups is 1. The molecular formula is C8H10O4. The van der Waals surface area contributed by atoms with Crippen LogP contribution in [0.3, 0.4) is 0 Å². The molecule has 1 aromatic rings. The van der Waals surface area contributed by atoms with Gasteiger partial charge in [-0.2, -0.15) is 5.26 Å². The van der Waals surface area contributed by atoms with Gasteiger partial charge in [-0.05, 0) is 12.1 Å². The molecule has 0 amide bonds. The van der Waals surface area contributed by atoms with E-state index in [2.05, 4.69) is 4.89 Å². The number of hydrogen-bond acceptors (Lipinski definition) is 4. The van der Waals surface area contributed by atoms with Crippen molar-refractivity contribution in [3.05, 3.63) is 30.3 Å². The van der Waals surface area contributed by atoms with Crippen LogP contribution < -0.4 is 0 Å². The molecule has 0 fully saturated rings. The van der Waals surface area contributed by atoms with Crippen molar-refractivity contribution in [2.45, 2.75) is 6.92 Å². The average Bonchev–Trinajstić information content (AvgIpc) is 2.07. The van der Waals surface area contributed by atoms with Gasteiger partial charge in [-0.15, -0.1) is 0 Å². The van der Waals surface area contributed by atoms with Crippen molar-refractivity contribution < 1.29 is 20.0 Å². The van der Waals surface area contributed by atoms with Crippen molar-refractivity contribution >= 4 is 5.97 Å². The second-order valence-electron chi connectivity index (χ2n) is 1.92. The molecule has 0 aliphatic rings. The third kappa shape index (κ3) is 6.57. The fourth-order valence-electron chi connectivity index (χ4n) is 0.428. The number of phenols is 1. The fourth-order valence-corrected chi connectivity index (χ4v) is 0.428. The minimum atomic E-state index is -0.690. The maximum absolute atomic E-state index is 9.34. The Bertz CT molecular complexity index is 220. The van der Waals surface area contributed by atoms with Crippen LogP contribution >= 0.6 is 0 Å². The molecule has 0 saturated carbocycles. The van der Waals surface area contributed by atoms with E-state index in [1.54, 1.807) is 24.3 Å². The number of benzene rings is 1. The predicted molar refractivity (Wildman–Crippen MR) is 42.5 cm³/mol. The molecule has 0 aliphatic carbocycles. The Kier molecular flexibility index (Phi) is 5.38. The van der Waals surface area contributed by atoms with Gasteiger partial charge in [0, 0.05) is 6.92 Å². The predicted octanol–water partition coefficient (Wildman–Crippen LogP) is 1.41. The summed E-state index contributed by atoms with van der Waals surface area (Å²) >= 11 is 0. The second kappa shape index (κ2) is 6.18. The summed E-state index contributed by atoms with van der Waals surface area (Å²) in [6.07, 6.45) is 0. The van der Waals surface area contributed by atoms with E-state index in [0.717, 1.165) is 6.92 Å². The van der Waals surface area contributed by atoms with Crippen molar-refractivity contribution in [3.8, 4) is 5.75 Å². The summed E-state index contributed by atoms with van der Waals surface area (Å²) in [6.45, 7) is 1.11.